The summed E-state index contributed by atoms with van der Waals surface area (Å²) in [4.78, 5) is 6.50. The fraction of sp³-hybridized carbons (Fsp3) is 0.292. The van der Waals surface area contributed by atoms with Gasteiger partial charge in [-0.25, -0.2) is 4.39 Å². The molecule has 1 aliphatic heterocycles. The first-order valence-electron chi connectivity index (χ1n) is 10.7. The highest BCUT2D eigenvalue weighted by Gasteiger charge is 2.62. The molecule has 0 N–H and O–H groups in total. The van der Waals surface area contributed by atoms with Crippen LogP contribution in [-0.4, -0.2) is 32.3 Å². The van der Waals surface area contributed by atoms with Crippen LogP contribution in [0.5, 0.6) is 0 Å². The molecular formula is C24H17F4N5. The third-order valence-electron chi connectivity index (χ3n) is 6.45. The molecule has 0 atom stereocenters. The molecule has 2 aromatic carbocycles. The van der Waals surface area contributed by atoms with E-state index in [1.54, 1.807) is 28.7 Å². The topological polar surface area (TPSA) is 46.3 Å². The van der Waals surface area contributed by atoms with Gasteiger partial charge in [0, 0.05) is 17.8 Å². The number of nitrogens with zero attached hydrogens (tertiary/aromatic N) is 5. The Labute approximate surface area is 186 Å². The summed E-state index contributed by atoms with van der Waals surface area (Å²) in [5, 5.41) is 8.27. The monoisotopic (exact) mass is 451 g/mol. The molecule has 5 nitrogen and oxygen atoms in total. The van der Waals surface area contributed by atoms with Crippen LogP contribution in [0.1, 0.15) is 30.4 Å². The number of aromatic nitrogens is 4. The van der Waals surface area contributed by atoms with Gasteiger partial charge in [0.1, 0.15) is 23.4 Å². The highest BCUT2D eigenvalue weighted by Crippen LogP contribution is 2.57. The molecule has 0 spiro atoms. The summed E-state index contributed by atoms with van der Waals surface area (Å²) in [7, 11) is 0. The average Bonchev–Trinajstić information content (AvgIpc) is 3.46. The van der Waals surface area contributed by atoms with Gasteiger partial charge in [0.05, 0.1) is 10.9 Å². The van der Waals surface area contributed by atoms with Crippen molar-refractivity contribution in [3.8, 4) is 11.8 Å². The van der Waals surface area contributed by atoms with Gasteiger partial charge in [0.15, 0.2) is 0 Å². The summed E-state index contributed by atoms with van der Waals surface area (Å²) in [6.07, 6.45) is -1.36. The van der Waals surface area contributed by atoms with Crippen molar-refractivity contribution in [2.75, 3.05) is 11.4 Å². The summed E-state index contributed by atoms with van der Waals surface area (Å²) in [5.41, 5.74) is 0.890. The molecule has 33 heavy (non-hydrogen) atoms. The Morgan fingerprint density at radius 2 is 1.88 bits per heavy atom. The fourth-order valence-corrected chi connectivity index (χ4v) is 4.51. The van der Waals surface area contributed by atoms with Crippen molar-refractivity contribution in [3.63, 3.8) is 0 Å². The summed E-state index contributed by atoms with van der Waals surface area (Å²) in [6, 6.07) is 10.2. The molecule has 1 aliphatic carbocycles. The van der Waals surface area contributed by atoms with Crippen molar-refractivity contribution in [1.29, 1.82) is 0 Å². The Bertz CT molecular complexity index is 1470. The largest absolute Gasteiger partial charge is 0.405 e. The van der Waals surface area contributed by atoms with Crippen molar-refractivity contribution >= 4 is 28.2 Å². The Hall–Kier alpha value is -3.67. The van der Waals surface area contributed by atoms with Gasteiger partial charge in [-0.15, -0.1) is 10.2 Å². The van der Waals surface area contributed by atoms with Gasteiger partial charge in [-0.3, -0.25) is 4.40 Å². The van der Waals surface area contributed by atoms with Crippen LogP contribution in [0, 0.1) is 23.1 Å². The van der Waals surface area contributed by atoms with E-state index in [9.17, 15) is 13.2 Å². The normalized spacial score (nSPS) is 17.0. The lowest BCUT2D eigenvalue weighted by Crippen LogP contribution is -2.26. The first-order chi connectivity index (χ1) is 15.9. The minimum atomic E-state index is -4.32. The standard InChI is InChI=1S/C24H17F4N5/c25-17-6-2-8-19-20(17)21(30-22-31-29-14-33(19)22)32-13-3-5-16-15(4-1-7-18(16)32)9-10-23(11-12-23)24(26,27)28/h1-2,4,6-8,14H,3,5,11-13H2. The number of rotatable bonds is 1. The average molecular weight is 451 g/mol. The van der Waals surface area contributed by atoms with E-state index in [-0.39, 0.29) is 12.8 Å². The van der Waals surface area contributed by atoms with Crippen molar-refractivity contribution in [2.24, 2.45) is 5.41 Å². The van der Waals surface area contributed by atoms with Gasteiger partial charge in [-0.05, 0) is 55.5 Å². The van der Waals surface area contributed by atoms with E-state index in [1.165, 1.54) is 12.4 Å². The third-order valence-corrected chi connectivity index (χ3v) is 6.45. The molecule has 0 unspecified atom stereocenters. The molecule has 0 saturated heterocycles. The zero-order chi connectivity index (χ0) is 22.8. The first-order valence-corrected chi connectivity index (χ1v) is 10.7. The number of fused-ring (bicyclic) bond motifs is 4. The second-order valence-electron chi connectivity index (χ2n) is 8.46. The van der Waals surface area contributed by atoms with E-state index in [0.29, 0.717) is 41.0 Å². The molecule has 9 heteroatoms. The predicted octanol–water partition coefficient (Wildman–Crippen LogP) is 5.19. The molecule has 2 aliphatic rings. The van der Waals surface area contributed by atoms with Gasteiger partial charge >= 0.3 is 6.18 Å². The quantitative estimate of drug-likeness (QED) is 0.295. The summed E-state index contributed by atoms with van der Waals surface area (Å²) >= 11 is 0. The number of hydrogen-bond donors (Lipinski definition) is 0. The van der Waals surface area contributed by atoms with Gasteiger partial charge in [-0.1, -0.05) is 24.0 Å². The number of benzene rings is 2. The number of alkyl halides is 3. The molecule has 0 amide bonds. The molecule has 0 radical (unpaired) electrons. The maximum Gasteiger partial charge on any atom is 0.405 e. The zero-order valence-corrected chi connectivity index (χ0v) is 17.3. The van der Waals surface area contributed by atoms with E-state index in [4.69, 9.17) is 0 Å². The van der Waals surface area contributed by atoms with E-state index < -0.39 is 17.4 Å². The van der Waals surface area contributed by atoms with Gasteiger partial charge < -0.3 is 4.90 Å². The summed E-state index contributed by atoms with van der Waals surface area (Å²) < 4.78 is 56.7. The van der Waals surface area contributed by atoms with Gasteiger partial charge in [0.2, 0.25) is 0 Å². The molecule has 3 heterocycles. The molecular weight excluding hydrogens is 434 g/mol. The second-order valence-corrected chi connectivity index (χ2v) is 8.46. The predicted molar refractivity (Wildman–Crippen MR) is 115 cm³/mol. The number of halogens is 4. The molecule has 1 fully saturated rings. The lowest BCUT2D eigenvalue weighted by Gasteiger charge is -2.32. The molecule has 4 aromatic rings. The number of hydrogen-bond acceptors (Lipinski definition) is 4. The van der Waals surface area contributed by atoms with Gasteiger partial charge in [0.25, 0.3) is 5.78 Å². The van der Waals surface area contributed by atoms with Crippen LogP contribution in [0.3, 0.4) is 0 Å². The second kappa shape index (κ2) is 6.91. The zero-order valence-electron chi connectivity index (χ0n) is 17.3. The maximum atomic E-state index is 15.0. The van der Waals surface area contributed by atoms with Gasteiger partial charge in [-0.2, -0.15) is 18.2 Å². The molecule has 0 bridgehead atoms. The molecule has 166 valence electrons. The van der Waals surface area contributed by atoms with Crippen LogP contribution < -0.4 is 4.90 Å². The van der Waals surface area contributed by atoms with E-state index in [1.807, 2.05) is 11.0 Å². The van der Waals surface area contributed by atoms with Crippen LogP contribution in [0.4, 0.5) is 29.1 Å². The highest BCUT2D eigenvalue weighted by atomic mass is 19.4. The molecule has 2 aromatic heterocycles. The van der Waals surface area contributed by atoms with Crippen LogP contribution in [0.2, 0.25) is 0 Å². The Morgan fingerprint density at radius 3 is 2.67 bits per heavy atom. The van der Waals surface area contributed by atoms with Crippen molar-refractivity contribution in [1.82, 2.24) is 19.6 Å². The lowest BCUT2D eigenvalue weighted by molar-refractivity contribution is -0.168. The Kier molecular flexibility index (Phi) is 4.18. The Morgan fingerprint density at radius 1 is 1.06 bits per heavy atom. The minimum absolute atomic E-state index is 0.0399. The van der Waals surface area contributed by atoms with Crippen LogP contribution >= 0.6 is 0 Å². The van der Waals surface area contributed by atoms with Crippen LogP contribution in [0.25, 0.3) is 16.7 Å². The highest BCUT2D eigenvalue weighted by molar-refractivity contribution is 5.94. The third kappa shape index (κ3) is 3.04. The minimum Gasteiger partial charge on any atom is -0.325 e. The van der Waals surface area contributed by atoms with Crippen molar-refractivity contribution in [2.45, 2.75) is 31.9 Å². The van der Waals surface area contributed by atoms with Crippen molar-refractivity contribution < 1.29 is 17.6 Å². The number of anilines is 2. The van der Waals surface area contributed by atoms with Crippen LogP contribution in [0.15, 0.2) is 42.7 Å². The van der Waals surface area contributed by atoms with E-state index >= 15 is 4.39 Å². The van der Waals surface area contributed by atoms with E-state index in [2.05, 4.69) is 27.0 Å². The molecule has 1 saturated carbocycles. The van der Waals surface area contributed by atoms with Crippen molar-refractivity contribution in [3.05, 3.63) is 59.7 Å². The lowest BCUT2D eigenvalue weighted by atomic mass is 9.95. The first kappa shape index (κ1) is 20.0. The summed E-state index contributed by atoms with van der Waals surface area (Å²) in [5.74, 6) is 5.63. The van der Waals surface area contributed by atoms with Crippen LogP contribution in [-0.2, 0) is 6.42 Å². The summed E-state index contributed by atoms with van der Waals surface area (Å²) in [6.45, 7) is 0.580. The fourth-order valence-electron chi connectivity index (χ4n) is 4.51. The smallest absolute Gasteiger partial charge is 0.325 e. The Balaban J connectivity index is 1.51. The maximum absolute atomic E-state index is 15.0. The van der Waals surface area contributed by atoms with E-state index in [0.717, 1.165) is 17.7 Å². The molecule has 6 rings (SSSR count). The SMILES string of the molecule is Fc1cccc2c1c(N1CCCc3c(C#CC4(C(F)(F)F)CC4)cccc31)nc1nncn12.